The van der Waals surface area contributed by atoms with Crippen molar-refractivity contribution in [3.63, 3.8) is 0 Å². The van der Waals surface area contributed by atoms with Crippen molar-refractivity contribution in [2.45, 2.75) is 32.0 Å². The predicted molar refractivity (Wildman–Crippen MR) is 87.4 cm³/mol. The Morgan fingerprint density at radius 2 is 1.73 bits per heavy atom. The van der Waals surface area contributed by atoms with Gasteiger partial charge in [0.25, 0.3) is 5.91 Å². The number of aliphatic hydroxyl groups excluding tert-OH is 1. The summed E-state index contributed by atoms with van der Waals surface area (Å²) in [5.41, 5.74) is 8.13. The molecule has 22 heavy (non-hydrogen) atoms. The second-order valence-corrected chi connectivity index (χ2v) is 5.42. The molecule has 0 aliphatic heterocycles. The van der Waals surface area contributed by atoms with Crippen LogP contribution in [-0.2, 0) is 13.0 Å². The van der Waals surface area contributed by atoms with Crippen molar-refractivity contribution in [2.75, 3.05) is 0 Å². The molecule has 116 valence electrons. The molecule has 0 heterocycles. The fourth-order valence-electron chi connectivity index (χ4n) is 2.21. The summed E-state index contributed by atoms with van der Waals surface area (Å²) in [5, 5.41) is 13.1. The Balaban J connectivity index is 1.92. The molecule has 0 aromatic heterocycles. The summed E-state index contributed by atoms with van der Waals surface area (Å²) in [6.07, 6.45) is -0.122. The normalized spacial score (nSPS) is 13.4. The van der Waals surface area contributed by atoms with Crippen molar-refractivity contribution < 1.29 is 9.90 Å². The van der Waals surface area contributed by atoms with Gasteiger partial charge in [0.2, 0.25) is 0 Å². The van der Waals surface area contributed by atoms with Crippen LogP contribution >= 0.6 is 0 Å². The minimum Gasteiger partial charge on any atom is -0.391 e. The average Bonchev–Trinajstić information content (AvgIpc) is 2.55. The summed E-state index contributed by atoms with van der Waals surface area (Å²) >= 11 is 0. The molecule has 2 atom stereocenters. The number of hydrogen-bond acceptors (Lipinski definition) is 3. The molecule has 1 amide bonds. The third-order valence-electron chi connectivity index (χ3n) is 3.68. The zero-order valence-corrected chi connectivity index (χ0v) is 12.7. The van der Waals surface area contributed by atoms with Crippen molar-refractivity contribution in [2.24, 2.45) is 5.73 Å². The maximum atomic E-state index is 12.2. The molecule has 2 aromatic rings. The number of carbonyl (C=O) groups is 1. The largest absolute Gasteiger partial charge is 0.391 e. The average molecular weight is 298 g/mol. The molecule has 0 saturated carbocycles. The molecule has 4 nitrogen and oxygen atoms in total. The predicted octanol–water partition coefficient (Wildman–Crippen LogP) is 1.87. The lowest BCUT2D eigenvalue weighted by Gasteiger charge is -2.20. The van der Waals surface area contributed by atoms with Gasteiger partial charge >= 0.3 is 0 Å². The van der Waals surface area contributed by atoms with Gasteiger partial charge in [-0.25, -0.2) is 0 Å². The third-order valence-corrected chi connectivity index (χ3v) is 3.68. The summed E-state index contributed by atoms with van der Waals surface area (Å²) in [4.78, 5) is 12.2. The van der Waals surface area contributed by atoms with Gasteiger partial charge < -0.3 is 16.2 Å². The van der Waals surface area contributed by atoms with Crippen molar-refractivity contribution in [1.82, 2.24) is 5.32 Å². The lowest BCUT2D eigenvalue weighted by molar-refractivity contribution is 0.0852. The Bertz CT molecular complexity index is 596. The number of amides is 1. The van der Waals surface area contributed by atoms with E-state index in [9.17, 15) is 9.90 Å². The number of aliphatic hydroxyl groups is 1. The monoisotopic (exact) mass is 298 g/mol. The number of benzene rings is 2. The molecule has 0 fully saturated rings. The summed E-state index contributed by atoms with van der Waals surface area (Å²) in [6, 6.07) is 16.6. The molecule has 4 N–H and O–H groups in total. The van der Waals surface area contributed by atoms with Crippen LogP contribution in [0.4, 0.5) is 0 Å². The number of nitrogens with two attached hydrogens (primary N) is 1. The van der Waals surface area contributed by atoms with E-state index < -0.39 is 6.10 Å². The lowest BCUT2D eigenvalue weighted by atomic mass is 10.0. The highest BCUT2D eigenvalue weighted by Gasteiger charge is 2.17. The van der Waals surface area contributed by atoms with Crippen LogP contribution in [0.5, 0.6) is 0 Å². The summed E-state index contributed by atoms with van der Waals surface area (Å²) in [7, 11) is 0. The van der Waals surface area contributed by atoms with Gasteiger partial charge in [-0.05, 0) is 30.2 Å². The minimum absolute atomic E-state index is 0.191. The van der Waals surface area contributed by atoms with Gasteiger partial charge in [-0.3, -0.25) is 4.79 Å². The minimum atomic E-state index is -0.630. The molecule has 2 rings (SSSR count). The van der Waals surface area contributed by atoms with Gasteiger partial charge in [0.05, 0.1) is 12.1 Å². The number of rotatable bonds is 6. The molecule has 0 bridgehead atoms. The smallest absolute Gasteiger partial charge is 0.251 e. The van der Waals surface area contributed by atoms with E-state index in [-0.39, 0.29) is 11.9 Å². The fraction of sp³-hybridized carbons (Fsp3) is 0.278. The van der Waals surface area contributed by atoms with Crippen molar-refractivity contribution >= 4 is 5.91 Å². The topological polar surface area (TPSA) is 75.4 Å². The van der Waals surface area contributed by atoms with Crippen LogP contribution < -0.4 is 11.1 Å². The van der Waals surface area contributed by atoms with Crippen LogP contribution in [0.1, 0.15) is 28.4 Å². The van der Waals surface area contributed by atoms with Gasteiger partial charge in [-0.15, -0.1) is 0 Å². The highest BCUT2D eigenvalue weighted by atomic mass is 16.3. The quantitative estimate of drug-likeness (QED) is 0.762. The van der Waals surface area contributed by atoms with Crippen LogP contribution in [-0.4, -0.2) is 23.2 Å². The zero-order chi connectivity index (χ0) is 15.9. The first-order valence-corrected chi connectivity index (χ1v) is 7.42. The number of hydrogen-bond donors (Lipinski definition) is 3. The van der Waals surface area contributed by atoms with Crippen LogP contribution in [0.25, 0.3) is 0 Å². The molecule has 0 aliphatic carbocycles. The summed E-state index contributed by atoms with van der Waals surface area (Å²) in [5.74, 6) is -0.191. The van der Waals surface area contributed by atoms with Crippen LogP contribution in [0.2, 0.25) is 0 Å². The van der Waals surface area contributed by atoms with Crippen molar-refractivity contribution in [3.8, 4) is 0 Å². The standard InChI is InChI=1S/C18H22N2O2/c1-13(17(21)11-14-5-3-2-4-6-14)20-18(22)16-9-7-15(12-19)8-10-16/h2-10,13,17,21H,11-12,19H2,1H3,(H,20,22). The van der Waals surface area contributed by atoms with Crippen molar-refractivity contribution in [1.29, 1.82) is 0 Å². The highest BCUT2D eigenvalue weighted by molar-refractivity contribution is 5.94. The molecular formula is C18H22N2O2. The SMILES string of the molecule is CC(NC(=O)c1ccc(CN)cc1)C(O)Cc1ccccc1. The Morgan fingerprint density at radius 1 is 1.09 bits per heavy atom. The first-order chi connectivity index (χ1) is 10.6. The number of carbonyl (C=O) groups excluding carboxylic acids is 1. The van der Waals surface area contributed by atoms with Crippen molar-refractivity contribution in [3.05, 3.63) is 71.3 Å². The number of nitrogens with one attached hydrogen (secondary N) is 1. The van der Waals surface area contributed by atoms with Gasteiger partial charge in [0.1, 0.15) is 0 Å². The van der Waals surface area contributed by atoms with E-state index in [0.29, 0.717) is 18.5 Å². The molecule has 2 aromatic carbocycles. The van der Waals surface area contributed by atoms with E-state index >= 15 is 0 Å². The van der Waals surface area contributed by atoms with Crippen LogP contribution in [0, 0.1) is 0 Å². The molecule has 0 aliphatic rings. The fourth-order valence-corrected chi connectivity index (χ4v) is 2.21. The Labute approximate surface area is 131 Å². The molecule has 0 spiro atoms. The van der Waals surface area contributed by atoms with E-state index in [0.717, 1.165) is 11.1 Å². The second-order valence-electron chi connectivity index (χ2n) is 5.42. The van der Waals surface area contributed by atoms with Gasteiger partial charge in [-0.1, -0.05) is 42.5 Å². The maximum absolute atomic E-state index is 12.2. The van der Waals surface area contributed by atoms with E-state index in [1.54, 1.807) is 19.1 Å². The lowest BCUT2D eigenvalue weighted by Crippen LogP contribution is -2.42. The first-order valence-electron chi connectivity index (χ1n) is 7.42. The molecule has 2 unspecified atom stereocenters. The summed E-state index contributed by atoms with van der Waals surface area (Å²) in [6.45, 7) is 2.26. The first kappa shape index (κ1) is 16.2. The van der Waals surface area contributed by atoms with E-state index in [1.165, 1.54) is 0 Å². The van der Waals surface area contributed by atoms with E-state index in [1.807, 2.05) is 42.5 Å². The van der Waals surface area contributed by atoms with Gasteiger partial charge in [-0.2, -0.15) is 0 Å². The Morgan fingerprint density at radius 3 is 2.32 bits per heavy atom. The van der Waals surface area contributed by atoms with Gasteiger partial charge in [0, 0.05) is 18.5 Å². The maximum Gasteiger partial charge on any atom is 0.251 e. The molecule has 0 saturated heterocycles. The molecule has 0 radical (unpaired) electrons. The zero-order valence-electron chi connectivity index (χ0n) is 12.7. The van der Waals surface area contributed by atoms with E-state index in [2.05, 4.69) is 5.32 Å². The van der Waals surface area contributed by atoms with E-state index in [4.69, 9.17) is 5.73 Å². The molecular weight excluding hydrogens is 276 g/mol. The second kappa shape index (κ2) is 7.73. The van der Waals surface area contributed by atoms with Gasteiger partial charge in [0.15, 0.2) is 0 Å². The Kier molecular flexibility index (Phi) is 5.69. The van der Waals surface area contributed by atoms with Crippen LogP contribution in [0.3, 0.4) is 0 Å². The summed E-state index contributed by atoms with van der Waals surface area (Å²) < 4.78 is 0. The highest BCUT2D eigenvalue weighted by Crippen LogP contribution is 2.08. The van der Waals surface area contributed by atoms with Crippen LogP contribution in [0.15, 0.2) is 54.6 Å². The Hall–Kier alpha value is -2.17. The molecule has 4 heteroatoms. The third kappa shape index (κ3) is 4.41.